The second-order valence-electron chi connectivity index (χ2n) is 4.33. The SMILES string of the molecule is Cc1cc(-c2ccccc2)n[n+](CCC(=O)O)c1N. The molecule has 1 heterocycles. The van der Waals surface area contributed by atoms with Crippen molar-refractivity contribution in [3.63, 3.8) is 0 Å². The van der Waals surface area contributed by atoms with Crippen LogP contribution in [-0.4, -0.2) is 16.2 Å². The van der Waals surface area contributed by atoms with Gasteiger partial charge in [0.05, 0.1) is 6.42 Å². The van der Waals surface area contributed by atoms with E-state index in [-0.39, 0.29) is 13.0 Å². The summed E-state index contributed by atoms with van der Waals surface area (Å²) in [4.78, 5) is 10.6. The minimum Gasteiger partial charge on any atom is -0.481 e. The van der Waals surface area contributed by atoms with Gasteiger partial charge in [0.25, 0.3) is 5.82 Å². The summed E-state index contributed by atoms with van der Waals surface area (Å²) in [6.45, 7) is 2.16. The van der Waals surface area contributed by atoms with Crippen molar-refractivity contribution in [2.24, 2.45) is 0 Å². The monoisotopic (exact) mass is 258 g/mol. The summed E-state index contributed by atoms with van der Waals surface area (Å²) in [6, 6.07) is 11.6. The molecule has 2 aromatic rings. The molecule has 0 radical (unpaired) electrons. The van der Waals surface area contributed by atoms with Gasteiger partial charge >= 0.3 is 5.97 Å². The molecule has 19 heavy (non-hydrogen) atoms. The summed E-state index contributed by atoms with van der Waals surface area (Å²) >= 11 is 0. The Kier molecular flexibility index (Phi) is 3.75. The number of hydrogen-bond acceptors (Lipinski definition) is 3. The number of carbonyl (C=O) groups is 1. The van der Waals surface area contributed by atoms with Crippen LogP contribution in [0.5, 0.6) is 0 Å². The van der Waals surface area contributed by atoms with Crippen molar-refractivity contribution in [2.75, 3.05) is 5.73 Å². The quantitative estimate of drug-likeness (QED) is 0.812. The van der Waals surface area contributed by atoms with Crippen LogP contribution in [0.15, 0.2) is 36.4 Å². The molecular formula is C14H16N3O2+. The molecule has 0 saturated heterocycles. The van der Waals surface area contributed by atoms with E-state index in [9.17, 15) is 4.79 Å². The van der Waals surface area contributed by atoms with Crippen molar-refractivity contribution in [3.8, 4) is 11.3 Å². The fraction of sp³-hybridized carbons (Fsp3) is 0.214. The fourth-order valence-corrected chi connectivity index (χ4v) is 1.82. The lowest BCUT2D eigenvalue weighted by molar-refractivity contribution is -0.738. The van der Waals surface area contributed by atoms with Crippen molar-refractivity contribution in [3.05, 3.63) is 42.0 Å². The maximum atomic E-state index is 10.6. The number of carboxylic acids is 1. The first kappa shape index (κ1) is 13.0. The van der Waals surface area contributed by atoms with E-state index in [1.54, 1.807) is 4.68 Å². The van der Waals surface area contributed by atoms with E-state index >= 15 is 0 Å². The van der Waals surface area contributed by atoms with E-state index in [1.807, 2.05) is 43.3 Å². The zero-order chi connectivity index (χ0) is 13.8. The average molecular weight is 258 g/mol. The Morgan fingerprint density at radius 3 is 2.68 bits per heavy atom. The standard InChI is InChI=1S/C14H15N3O2/c1-10-9-12(11-5-3-2-4-6-11)16-17(14(10)15)8-7-13(18)19/h2-6,9,15H,7-8H2,1H3,(H,18,19)/p+1. The van der Waals surface area contributed by atoms with Gasteiger partial charge in [-0.05, 0) is 13.0 Å². The number of nitrogen functional groups attached to an aromatic ring is 1. The number of nitrogens with zero attached hydrogens (tertiary/aromatic N) is 2. The number of aliphatic carboxylic acids is 1. The first-order valence-corrected chi connectivity index (χ1v) is 6.02. The van der Waals surface area contributed by atoms with Gasteiger partial charge in [0, 0.05) is 11.1 Å². The molecule has 0 aliphatic carbocycles. The number of carboxylic acid groups (broad SMARTS) is 1. The van der Waals surface area contributed by atoms with E-state index < -0.39 is 5.97 Å². The second kappa shape index (κ2) is 5.48. The van der Waals surface area contributed by atoms with Crippen LogP contribution >= 0.6 is 0 Å². The Morgan fingerprint density at radius 1 is 1.37 bits per heavy atom. The number of nitrogens with two attached hydrogens (primary N) is 1. The van der Waals surface area contributed by atoms with Crippen LogP contribution in [0, 0.1) is 6.92 Å². The Morgan fingerprint density at radius 2 is 2.05 bits per heavy atom. The highest BCUT2D eigenvalue weighted by Crippen LogP contribution is 2.17. The van der Waals surface area contributed by atoms with Gasteiger partial charge in [-0.1, -0.05) is 35.4 Å². The number of anilines is 1. The van der Waals surface area contributed by atoms with E-state index in [4.69, 9.17) is 10.8 Å². The van der Waals surface area contributed by atoms with Gasteiger partial charge < -0.3 is 5.11 Å². The van der Waals surface area contributed by atoms with Crippen LogP contribution in [0.4, 0.5) is 5.82 Å². The third kappa shape index (κ3) is 3.07. The lowest BCUT2D eigenvalue weighted by Gasteiger charge is -2.06. The van der Waals surface area contributed by atoms with Crippen LogP contribution in [0.2, 0.25) is 0 Å². The summed E-state index contributed by atoms with van der Waals surface area (Å²) in [5.74, 6) is -0.364. The summed E-state index contributed by atoms with van der Waals surface area (Å²) in [5.41, 5.74) is 8.58. The lowest BCUT2D eigenvalue weighted by Crippen LogP contribution is -2.43. The smallest absolute Gasteiger partial charge is 0.307 e. The minimum absolute atomic E-state index is 0.000447. The molecule has 5 heteroatoms. The average Bonchev–Trinajstić information content (AvgIpc) is 2.41. The highest BCUT2D eigenvalue weighted by atomic mass is 16.4. The van der Waals surface area contributed by atoms with Crippen molar-refractivity contribution in [1.82, 2.24) is 5.10 Å². The van der Waals surface area contributed by atoms with Gasteiger partial charge in [0.1, 0.15) is 12.2 Å². The number of benzene rings is 1. The molecule has 0 aliphatic heterocycles. The van der Waals surface area contributed by atoms with Gasteiger partial charge in [-0.3, -0.25) is 10.5 Å². The molecule has 0 aliphatic rings. The molecular weight excluding hydrogens is 242 g/mol. The third-order valence-corrected chi connectivity index (χ3v) is 2.87. The maximum absolute atomic E-state index is 10.6. The number of rotatable bonds is 4. The molecule has 0 spiro atoms. The van der Waals surface area contributed by atoms with Crippen LogP contribution in [0.25, 0.3) is 11.3 Å². The molecule has 0 unspecified atom stereocenters. The number of aromatic nitrogens is 2. The lowest BCUT2D eigenvalue weighted by atomic mass is 10.1. The maximum Gasteiger partial charge on any atom is 0.307 e. The molecule has 0 amide bonds. The van der Waals surface area contributed by atoms with Crippen molar-refractivity contribution in [1.29, 1.82) is 0 Å². The third-order valence-electron chi connectivity index (χ3n) is 2.87. The van der Waals surface area contributed by atoms with E-state index in [0.29, 0.717) is 5.82 Å². The fourth-order valence-electron chi connectivity index (χ4n) is 1.82. The summed E-state index contributed by atoms with van der Waals surface area (Å²) in [6.07, 6.45) is -0.000447. The zero-order valence-electron chi connectivity index (χ0n) is 10.7. The molecule has 0 atom stereocenters. The molecule has 1 aromatic carbocycles. The van der Waals surface area contributed by atoms with Crippen LogP contribution in [0.1, 0.15) is 12.0 Å². The van der Waals surface area contributed by atoms with Crippen LogP contribution in [0.3, 0.4) is 0 Å². The molecule has 1 aromatic heterocycles. The van der Waals surface area contributed by atoms with Crippen LogP contribution in [-0.2, 0) is 11.3 Å². The predicted molar refractivity (Wildman–Crippen MR) is 71.3 cm³/mol. The zero-order valence-corrected chi connectivity index (χ0v) is 10.7. The topological polar surface area (TPSA) is 80.1 Å². The molecule has 98 valence electrons. The Hall–Kier alpha value is -2.43. The molecule has 3 N–H and O–H groups in total. The molecule has 5 nitrogen and oxygen atoms in total. The summed E-state index contributed by atoms with van der Waals surface area (Å²) in [5, 5.41) is 13.1. The van der Waals surface area contributed by atoms with Gasteiger partial charge in [0.15, 0.2) is 0 Å². The molecule has 0 fully saturated rings. The largest absolute Gasteiger partial charge is 0.481 e. The number of aryl methyl sites for hydroxylation is 2. The van der Waals surface area contributed by atoms with Crippen molar-refractivity contribution in [2.45, 2.75) is 19.9 Å². The Bertz CT molecular complexity index is 597. The Balaban J connectivity index is 2.39. The van der Waals surface area contributed by atoms with Gasteiger partial charge in [-0.2, -0.15) is 0 Å². The highest BCUT2D eigenvalue weighted by Gasteiger charge is 2.14. The molecule has 0 bridgehead atoms. The predicted octanol–water partition coefficient (Wildman–Crippen LogP) is 1.40. The molecule has 2 rings (SSSR count). The number of hydrogen-bond donors (Lipinski definition) is 2. The van der Waals surface area contributed by atoms with Crippen molar-refractivity contribution < 1.29 is 14.6 Å². The van der Waals surface area contributed by atoms with E-state index in [0.717, 1.165) is 16.8 Å². The molecule has 0 saturated carbocycles. The van der Waals surface area contributed by atoms with Gasteiger partial charge in [0.2, 0.25) is 0 Å². The second-order valence-corrected chi connectivity index (χ2v) is 4.33. The Labute approximate surface area is 111 Å². The first-order chi connectivity index (χ1) is 9.08. The van der Waals surface area contributed by atoms with Crippen LogP contribution < -0.4 is 10.4 Å². The normalized spacial score (nSPS) is 10.4. The van der Waals surface area contributed by atoms with E-state index in [1.165, 1.54) is 0 Å². The van der Waals surface area contributed by atoms with Gasteiger partial charge in [-0.25, -0.2) is 0 Å². The van der Waals surface area contributed by atoms with E-state index in [2.05, 4.69) is 5.10 Å². The first-order valence-electron chi connectivity index (χ1n) is 6.02. The summed E-state index contributed by atoms with van der Waals surface area (Å²) in [7, 11) is 0. The summed E-state index contributed by atoms with van der Waals surface area (Å²) < 4.78 is 1.55. The minimum atomic E-state index is -0.864. The van der Waals surface area contributed by atoms with Gasteiger partial charge in [-0.15, -0.1) is 4.68 Å². The highest BCUT2D eigenvalue weighted by molar-refractivity contribution is 5.66. The van der Waals surface area contributed by atoms with Crippen molar-refractivity contribution >= 4 is 11.8 Å².